The van der Waals surface area contributed by atoms with Crippen molar-refractivity contribution in [2.75, 3.05) is 19.6 Å². The molecule has 0 spiro atoms. The molecular weight excluding hydrogens is 342 g/mol. The van der Waals surface area contributed by atoms with Gasteiger partial charge in [-0.25, -0.2) is 4.98 Å². The van der Waals surface area contributed by atoms with Gasteiger partial charge in [-0.15, -0.1) is 0 Å². The SMILES string of the molecule is Cc1noc(C)c1CN1C[C@@H]2CC[C@H](C1)N(C(=O)CCCn1ccnc1)C2. The van der Waals surface area contributed by atoms with Gasteiger partial charge in [0, 0.05) is 63.1 Å². The number of hydrogen-bond acceptors (Lipinski definition) is 5. The molecule has 2 aromatic rings. The Morgan fingerprint density at radius 2 is 2.15 bits per heavy atom. The molecule has 0 radical (unpaired) electrons. The average molecular weight is 371 g/mol. The second-order valence-electron chi connectivity index (χ2n) is 8.04. The highest BCUT2D eigenvalue weighted by molar-refractivity contribution is 5.76. The van der Waals surface area contributed by atoms with E-state index in [9.17, 15) is 4.79 Å². The van der Waals surface area contributed by atoms with Crippen molar-refractivity contribution >= 4 is 5.91 Å². The molecule has 0 aromatic carbocycles. The fraction of sp³-hybridized carbons (Fsp3) is 0.650. The Morgan fingerprint density at radius 1 is 1.26 bits per heavy atom. The van der Waals surface area contributed by atoms with Crippen molar-refractivity contribution in [3.8, 4) is 0 Å². The molecule has 2 bridgehead atoms. The van der Waals surface area contributed by atoms with Gasteiger partial charge in [-0.05, 0) is 39.0 Å². The Hall–Kier alpha value is -2.15. The summed E-state index contributed by atoms with van der Waals surface area (Å²) in [6, 6.07) is 0.338. The zero-order chi connectivity index (χ0) is 18.8. The highest BCUT2D eigenvalue weighted by Gasteiger charge is 2.37. The molecule has 0 aliphatic carbocycles. The van der Waals surface area contributed by atoms with Crippen LogP contribution in [0.25, 0.3) is 0 Å². The summed E-state index contributed by atoms with van der Waals surface area (Å²) in [5.41, 5.74) is 2.19. The first-order valence-electron chi connectivity index (χ1n) is 9.99. The molecule has 2 aromatic heterocycles. The van der Waals surface area contributed by atoms with Crippen molar-refractivity contribution in [2.24, 2.45) is 5.92 Å². The van der Waals surface area contributed by atoms with Crippen molar-refractivity contribution in [3.05, 3.63) is 35.7 Å². The molecule has 5 rings (SSSR count). The van der Waals surface area contributed by atoms with Crippen LogP contribution in [0.1, 0.15) is 42.7 Å². The maximum Gasteiger partial charge on any atom is 0.222 e. The van der Waals surface area contributed by atoms with Crippen LogP contribution >= 0.6 is 0 Å². The van der Waals surface area contributed by atoms with E-state index >= 15 is 0 Å². The Bertz CT molecular complexity index is 750. The molecule has 0 saturated carbocycles. The van der Waals surface area contributed by atoms with E-state index in [1.165, 1.54) is 12.0 Å². The lowest BCUT2D eigenvalue weighted by Crippen LogP contribution is -2.47. The standard InChI is InChI=1S/C20H29N5O2/c1-15-19(16(2)27-22-15)13-24-10-17-5-6-18(12-24)25(11-17)20(26)4-3-8-23-9-7-21-14-23/h7,9,14,17-18H,3-6,8,10-13H2,1-2H3/t17-,18+/m0/s1. The number of nitrogens with zero attached hydrogens (tertiary/aromatic N) is 5. The van der Waals surface area contributed by atoms with Crippen LogP contribution in [0.3, 0.4) is 0 Å². The molecule has 0 unspecified atom stereocenters. The normalized spacial score (nSPS) is 23.0. The Kier molecular flexibility index (Phi) is 5.29. The number of carbonyl (C=O) groups is 1. The molecule has 7 nitrogen and oxygen atoms in total. The summed E-state index contributed by atoms with van der Waals surface area (Å²) >= 11 is 0. The van der Waals surface area contributed by atoms with E-state index in [4.69, 9.17) is 4.52 Å². The number of carbonyl (C=O) groups excluding carboxylic acids is 1. The van der Waals surface area contributed by atoms with Gasteiger partial charge in [-0.2, -0.15) is 0 Å². The number of hydrogen-bond donors (Lipinski definition) is 0. The average Bonchev–Trinajstić information content (AvgIpc) is 3.17. The first kappa shape index (κ1) is 18.2. The number of aromatic nitrogens is 3. The molecule has 2 atom stereocenters. The van der Waals surface area contributed by atoms with E-state index in [0.717, 1.165) is 57.0 Å². The van der Waals surface area contributed by atoms with Gasteiger partial charge < -0.3 is 14.0 Å². The van der Waals surface area contributed by atoms with E-state index in [2.05, 4.69) is 19.9 Å². The molecular formula is C20H29N5O2. The van der Waals surface area contributed by atoms with E-state index in [1.807, 2.05) is 30.9 Å². The molecule has 7 heteroatoms. The molecule has 3 aliphatic heterocycles. The summed E-state index contributed by atoms with van der Waals surface area (Å²) in [5.74, 6) is 1.79. The van der Waals surface area contributed by atoms with Gasteiger partial charge in [0.1, 0.15) is 5.76 Å². The van der Waals surface area contributed by atoms with Crippen molar-refractivity contribution in [1.82, 2.24) is 24.5 Å². The summed E-state index contributed by atoms with van der Waals surface area (Å²) in [7, 11) is 0. The van der Waals surface area contributed by atoms with E-state index in [0.29, 0.717) is 24.3 Å². The number of piperidine rings is 1. The Balaban J connectivity index is 1.35. The molecule has 3 aliphatic rings. The van der Waals surface area contributed by atoms with E-state index < -0.39 is 0 Å². The third-order valence-corrected chi connectivity index (χ3v) is 6.04. The minimum atomic E-state index is 0.309. The molecule has 3 saturated heterocycles. The molecule has 5 heterocycles. The van der Waals surface area contributed by atoms with Crippen molar-refractivity contribution in [1.29, 1.82) is 0 Å². The largest absolute Gasteiger partial charge is 0.361 e. The third-order valence-electron chi connectivity index (χ3n) is 6.04. The number of aryl methyl sites for hydroxylation is 3. The second-order valence-corrected chi connectivity index (χ2v) is 8.04. The second kappa shape index (κ2) is 7.84. The zero-order valence-corrected chi connectivity index (χ0v) is 16.3. The number of fused-ring (bicyclic) bond motifs is 4. The van der Waals surface area contributed by atoms with Crippen molar-refractivity contribution in [3.63, 3.8) is 0 Å². The summed E-state index contributed by atoms with van der Waals surface area (Å²) in [6.45, 7) is 8.63. The zero-order valence-electron chi connectivity index (χ0n) is 16.3. The lowest BCUT2D eigenvalue weighted by atomic mass is 9.94. The Labute approximate surface area is 160 Å². The number of rotatable bonds is 6. The predicted octanol–water partition coefficient (Wildman–Crippen LogP) is 2.39. The summed E-state index contributed by atoms with van der Waals surface area (Å²) in [4.78, 5) is 21.6. The van der Waals surface area contributed by atoms with Crippen LogP contribution in [-0.4, -0.2) is 56.1 Å². The topological polar surface area (TPSA) is 67.4 Å². The van der Waals surface area contributed by atoms with Crippen molar-refractivity contribution in [2.45, 2.75) is 58.7 Å². The monoisotopic (exact) mass is 371 g/mol. The van der Waals surface area contributed by atoms with Crippen LogP contribution in [0.5, 0.6) is 0 Å². The lowest BCUT2D eigenvalue weighted by Gasteiger charge is -2.36. The highest BCUT2D eigenvalue weighted by Crippen LogP contribution is 2.30. The van der Waals surface area contributed by atoms with Crippen LogP contribution < -0.4 is 0 Å². The van der Waals surface area contributed by atoms with Crippen LogP contribution in [-0.2, 0) is 17.9 Å². The quantitative estimate of drug-likeness (QED) is 0.780. The van der Waals surface area contributed by atoms with Gasteiger partial charge in [0.05, 0.1) is 12.0 Å². The van der Waals surface area contributed by atoms with Gasteiger partial charge in [0.15, 0.2) is 0 Å². The lowest BCUT2D eigenvalue weighted by molar-refractivity contribution is -0.135. The number of imidazole rings is 1. The first-order valence-corrected chi connectivity index (χ1v) is 9.99. The fourth-order valence-corrected chi connectivity index (χ4v) is 4.54. The number of amides is 1. The van der Waals surface area contributed by atoms with Crippen LogP contribution in [0.15, 0.2) is 23.2 Å². The van der Waals surface area contributed by atoms with Crippen LogP contribution in [0, 0.1) is 19.8 Å². The van der Waals surface area contributed by atoms with E-state index in [1.54, 1.807) is 6.20 Å². The third kappa shape index (κ3) is 4.08. The fourth-order valence-electron chi connectivity index (χ4n) is 4.54. The minimum Gasteiger partial charge on any atom is -0.361 e. The molecule has 0 N–H and O–H groups in total. The van der Waals surface area contributed by atoms with Crippen LogP contribution in [0.2, 0.25) is 0 Å². The van der Waals surface area contributed by atoms with Gasteiger partial charge in [-0.1, -0.05) is 5.16 Å². The van der Waals surface area contributed by atoms with E-state index in [-0.39, 0.29) is 0 Å². The maximum absolute atomic E-state index is 12.9. The van der Waals surface area contributed by atoms with Gasteiger partial charge in [0.2, 0.25) is 5.91 Å². The van der Waals surface area contributed by atoms with Gasteiger partial charge in [0.25, 0.3) is 0 Å². The summed E-state index contributed by atoms with van der Waals surface area (Å²) in [6.07, 6.45) is 9.37. The molecule has 27 heavy (non-hydrogen) atoms. The Morgan fingerprint density at radius 3 is 2.89 bits per heavy atom. The molecule has 3 fully saturated rings. The predicted molar refractivity (Wildman–Crippen MR) is 101 cm³/mol. The smallest absolute Gasteiger partial charge is 0.222 e. The summed E-state index contributed by atoms with van der Waals surface area (Å²) < 4.78 is 7.36. The summed E-state index contributed by atoms with van der Waals surface area (Å²) in [5, 5.41) is 4.08. The van der Waals surface area contributed by atoms with Gasteiger partial charge in [-0.3, -0.25) is 9.69 Å². The molecule has 146 valence electrons. The van der Waals surface area contributed by atoms with Crippen molar-refractivity contribution < 1.29 is 9.32 Å². The minimum absolute atomic E-state index is 0.309. The van der Waals surface area contributed by atoms with Gasteiger partial charge >= 0.3 is 0 Å². The first-order chi connectivity index (χ1) is 13.1. The molecule has 1 amide bonds. The maximum atomic E-state index is 12.9. The highest BCUT2D eigenvalue weighted by atomic mass is 16.5. The van der Waals surface area contributed by atoms with Crippen LogP contribution in [0.4, 0.5) is 0 Å².